The third kappa shape index (κ3) is 8.25. The van der Waals surface area contributed by atoms with Crippen molar-refractivity contribution in [2.75, 3.05) is 13.7 Å². The van der Waals surface area contributed by atoms with Gasteiger partial charge in [-0.15, -0.1) is 0 Å². The van der Waals surface area contributed by atoms with Crippen molar-refractivity contribution in [1.29, 1.82) is 0 Å². The minimum atomic E-state index is -1.24. The largest absolute Gasteiger partial charge is 0.550 e. The van der Waals surface area contributed by atoms with Gasteiger partial charge >= 0.3 is 0 Å². The maximum absolute atomic E-state index is 11.6. The second kappa shape index (κ2) is 11.7. The van der Waals surface area contributed by atoms with Gasteiger partial charge in [-0.1, -0.05) is 26.2 Å². The molecule has 0 aliphatic heterocycles. The molecule has 1 N–H and O–H groups in total. The van der Waals surface area contributed by atoms with Gasteiger partial charge in [0, 0.05) is 18.9 Å². The molecule has 0 aromatic heterocycles. The molecule has 0 spiro atoms. The van der Waals surface area contributed by atoms with Gasteiger partial charge < -0.3 is 24.7 Å². The molecule has 0 heterocycles. The van der Waals surface area contributed by atoms with E-state index in [4.69, 9.17) is 9.47 Å². The molecule has 1 aromatic rings. The first-order valence-corrected chi connectivity index (χ1v) is 9.23. The number of benzene rings is 1. The van der Waals surface area contributed by atoms with Gasteiger partial charge in [-0.05, 0) is 46.5 Å². The van der Waals surface area contributed by atoms with E-state index in [2.05, 4.69) is 28.2 Å². The Labute approximate surface area is 157 Å². The van der Waals surface area contributed by atoms with Crippen molar-refractivity contribution in [3.8, 4) is 11.5 Å². The van der Waals surface area contributed by atoms with Crippen molar-refractivity contribution in [2.24, 2.45) is 0 Å². The first-order valence-electron chi connectivity index (χ1n) is 8.43. The second-order valence-corrected chi connectivity index (χ2v) is 6.52. The van der Waals surface area contributed by atoms with Gasteiger partial charge in [0.2, 0.25) is 5.91 Å². The summed E-state index contributed by atoms with van der Waals surface area (Å²) in [6, 6.07) is 3.65. The highest BCUT2D eigenvalue weighted by Crippen LogP contribution is 2.36. The van der Waals surface area contributed by atoms with E-state index in [0.717, 1.165) is 22.9 Å². The highest BCUT2D eigenvalue weighted by molar-refractivity contribution is 9.10. The Kier molecular flexibility index (Phi) is 9.99. The number of nitrogens with one attached hydrogen (secondary N) is 1. The molecule has 0 fully saturated rings. The third-order valence-corrected chi connectivity index (χ3v) is 4.17. The molecule has 0 bridgehead atoms. The number of ether oxygens (including phenoxy) is 2. The van der Waals surface area contributed by atoms with Crippen molar-refractivity contribution in [1.82, 2.24) is 5.32 Å². The van der Waals surface area contributed by atoms with E-state index in [9.17, 15) is 14.7 Å². The van der Waals surface area contributed by atoms with Crippen LogP contribution < -0.4 is 19.9 Å². The molecular weight excluding hydrogens is 390 g/mol. The zero-order chi connectivity index (χ0) is 18.7. The first kappa shape index (κ1) is 21.3. The summed E-state index contributed by atoms with van der Waals surface area (Å²) < 4.78 is 11.9. The summed E-state index contributed by atoms with van der Waals surface area (Å²) in [7, 11) is 1.56. The number of carboxylic acid groups (broad SMARTS) is 1. The van der Waals surface area contributed by atoms with Crippen LogP contribution >= 0.6 is 15.9 Å². The average Bonchev–Trinajstić information content (AvgIpc) is 2.58. The smallest absolute Gasteiger partial charge is 0.220 e. The minimum Gasteiger partial charge on any atom is -0.550 e. The molecule has 0 atom stereocenters. The molecule has 1 aromatic carbocycles. The number of aliphatic carboxylic acids is 1. The molecule has 0 unspecified atom stereocenters. The van der Waals surface area contributed by atoms with Gasteiger partial charge in [0.15, 0.2) is 11.5 Å². The molecule has 0 aliphatic rings. The Hall–Kier alpha value is -1.76. The van der Waals surface area contributed by atoms with Crippen LogP contribution in [0.25, 0.3) is 0 Å². The number of carbonyl (C=O) groups is 2. The molecule has 0 saturated heterocycles. The molecule has 0 radical (unpaired) electrons. The molecule has 0 saturated carbocycles. The number of hydrogen-bond acceptors (Lipinski definition) is 5. The first-order chi connectivity index (χ1) is 12.0. The lowest BCUT2D eigenvalue weighted by Crippen LogP contribution is -2.27. The van der Waals surface area contributed by atoms with E-state index in [1.165, 1.54) is 12.8 Å². The summed E-state index contributed by atoms with van der Waals surface area (Å²) in [6.07, 6.45) is 4.10. The number of halogens is 1. The predicted molar refractivity (Wildman–Crippen MR) is 96.4 cm³/mol. The van der Waals surface area contributed by atoms with Crippen molar-refractivity contribution in [3.63, 3.8) is 0 Å². The fourth-order valence-electron chi connectivity index (χ4n) is 2.22. The highest BCUT2D eigenvalue weighted by atomic mass is 79.9. The molecule has 25 heavy (non-hydrogen) atoms. The summed E-state index contributed by atoms with van der Waals surface area (Å²) in [4.78, 5) is 21.9. The van der Waals surface area contributed by atoms with E-state index in [1.54, 1.807) is 13.2 Å². The number of hydrogen-bond donors (Lipinski definition) is 1. The van der Waals surface area contributed by atoms with E-state index >= 15 is 0 Å². The van der Waals surface area contributed by atoms with Gasteiger partial charge in [0.25, 0.3) is 0 Å². The zero-order valence-corrected chi connectivity index (χ0v) is 16.3. The summed E-state index contributed by atoms with van der Waals surface area (Å²) >= 11 is 3.47. The van der Waals surface area contributed by atoms with E-state index < -0.39 is 5.97 Å². The molecule has 7 heteroatoms. The van der Waals surface area contributed by atoms with Crippen molar-refractivity contribution < 1.29 is 24.2 Å². The number of rotatable bonds is 12. The van der Waals surface area contributed by atoms with Gasteiger partial charge in [-0.2, -0.15) is 0 Å². The van der Waals surface area contributed by atoms with Crippen LogP contribution in [0.15, 0.2) is 16.6 Å². The summed E-state index contributed by atoms with van der Waals surface area (Å²) in [5, 5.41) is 13.0. The van der Waals surface area contributed by atoms with Crippen LogP contribution in [0, 0.1) is 0 Å². The van der Waals surface area contributed by atoms with Crippen LogP contribution in [0.2, 0.25) is 0 Å². The number of carbonyl (C=O) groups excluding carboxylic acids is 2. The maximum atomic E-state index is 11.6. The van der Waals surface area contributed by atoms with Crippen LogP contribution in [-0.4, -0.2) is 25.6 Å². The number of unbranched alkanes of at least 4 members (excludes halogenated alkanes) is 3. The van der Waals surface area contributed by atoms with Gasteiger partial charge in [-0.25, -0.2) is 0 Å². The second-order valence-electron chi connectivity index (χ2n) is 5.67. The summed E-state index contributed by atoms with van der Waals surface area (Å²) in [6.45, 7) is 3.06. The highest BCUT2D eigenvalue weighted by Gasteiger charge is 2.12. The standard InChI is InChI=1S/C18H26BrNO5/c1-3-4-5-6-9-25-18-14(19)10-13(11-15(18)24-2)12-20-16(21)7-8-17(22)23/h10-11H,3-9,12H2,1-2H3,(H,20,21)(H,22,23)/p-1. The Bertz CT molecular complexity index is 577. The lowest BCUT2D eigenvalue weighted by molar-refractivity contribution is -0.305. The monoisotopic (exact) mass is 414 g/mol. The maximum Gasteiger partial charge on any atom is 0.220 e. The molecule has 6 nitrogen and oxygen atoms in total. The van der Waals surface area contributed by atoms with Crippen LogP contribution in [0.5, 0.6) is 11.5 Å². The van der Waals surface area contributed by atoms with Crippen molar-refractivity contribution in [2.45, 2.75) is 52.0 Å². The number of methoxy groups -OCH3 is 1. The molecule has 140 valence electrons. The third-order valence-electron chi connectivity index (χ3n) is 3.58. The fourth-order valence-corrected chi connectivity index (χ4v) is 2.83. The predicted octanol–water partition coefficient (Wildman–Crippen LogP) is 2.56. The molecule has 1 amide bonds. The van der Waals surface area contributed by atoms with Crippen LogP contribution in [0.1, 0.15) is 51.0 Å². The van der Waals surface area contributed by atoms with Crippen molar-refractivity contribution in [3.05, 3.63) is 22.2 Å². The van der Waals surface area contributed by atoms with Crippen LogP contribution in [-0.2, 0) is 16.1 Å². The van der Waals surface area contributed by atoms with Crippen molar-refractivity contribution >= 4 is 27.8 Å². The normalized spacial score (nSPS) is 10.4. The topological polar surface area (TPSA) is 87.7 Å². The van der Waals surface area contributed by atoms with Crippen LogP contribution in [0.3, 0.4) is 0 Å². The number of amides is 1. The lowest BCUT2D eigenvalue weighted by Gasteiger charge is -2.15. The Balaban J connectivity index is 2.61. The molecule has 1 rings (SSSR count). The summed E-state index contributed by atoms with van der Waals surface area (Å²) in [5.74, 6) is -0.342. The number of carboxylic acids is 1. The average molecular weight is 415 g/mol. The van der Waals surface area contributed by atoms with Gasteiger partial charge in [0.05, 0.1) is 18.2 Å². The van der Waals surface area contributed by atoms with Gasteiger partial charge in [-0.3, -0.25) is 4.79 Å². The lowest BCUT2D eigenvalue weighted by atomic mass is 10.2. The zero-order valence-electron chi connectivity index (χ0n) is 14.7. The molecular formula is C18H25BrNO5-. The van der Waals surface area contributed by atoms with E-state index in [1.807, 2.05) is 6.07 Å². The fraction of sp³-hybridized carbons (Fsp3) is 0.556. The Morgan fingerprint density at radius 3 is 2.60 bits per heavy atom. The van der Waals surface area contributed by atoms with E-state index in [-0.39, 0.29) is 25.3 Å². The summed E-state index contributed by atoms with van der Waals surface area (Å²) in [5.41, 5.74) is 0.823. The van der Waals surface area contributed by atoms with E-state index in [0.29, 0.717) is 18.1 Å². The molecule has 0 aliphatic carbocycles. The minimum absolute atomic E-state index is 0.0976. The van der Waals surface area contributed by atoms with Crippen LogP contribution in [0.4, 0.5) is 0 Å². The Morgan fingerprint density at radius 2 is 1.96 bits per heavy atom. The Morgan fingerprint density at radius 1 is 1.20 bits per heavy atom. The quantitative estimate of drug-likeness (QED) is 0.531. The SMILES string of the molecule is CCCCCCOc1c(Br)cc(CNC(=O)CCC(=O)[O-])cc1OC. The van der Waals surface area contributed by atoms with Gasteiger partial charge in [0.1, 0.15) is 0 Å².